The second-order valence-electron chi connectivity index (χ2n) is 9.69. The SMILES string of the molecule is COCC(C)N1CC(C(=O)NC2CC(C)(C)Cc3nc(-c4ccncc4)ncc32)CC1=O. The normalized spacial score (nSPS) is 23.0. The van der Waals surface area contributed by atoms with Gasteiger partial charge in [0, 0.05) is 49.8 Å². The lowest BCUT2D eigenvalue weighted by atomic mass is 9.74. The van der Waals surface area contributed by atoms with Gasteiger partial charge in [-0.3, -0.25) is 14.6 Å². The summed E-state index contributed by atoms with van der Waals surface area (Å²) >= 11 is 0. The number of aromatic nitrogens is 3. The summed E-state index contributed by atoms with van der Waals surface area (Å²) in [7, 11) is 1.62. The van der Waals surface area contributed by atoms with Gasteiger partial charge in [0.1, 0.15) is 0 Å². The maximum absolute atomic E-state index is 13.1. The summed E-state index contributed by atoms with van der Waals surface area (Å²) in [5.41, 5.74) is 2.83. The Morgan fingerprint density at radius 1 is 1.34 bits per heavy atom. The number of hydrogen-bond acceptors (Lipinski definition) is 6. The number of carbonyl (C=O) groups excluding carboxylic acids is 2. The van der Waals surface area contributed by atoms with Gasteiger partial charge in [-0.15, -0.1) is 0 Å². The standard InChI is InChI=1S/C24H31N5O3/c1-15(14-32-4)29-13-17(9-21(29)30)23(31)28-20-11-24(2,3)10-19-18(20)12-26-22(27-19)16-5-7-25-8-6-16/h5-8,12,15,17,20H,9-11,13-14H2,1-4H3,(H,28,31). The minimum atomic E-state index is -0.354. The summed E-state index contributed by atoms with van der Waals surface area (Å²) in [5, 5.41) is 3.20. The zero-order valence-electron chi connectivity index (χ0n) is 19.2. The summed E-state index contributed by atoms with van der Waals surface area (Å²) in [6.45, 7) is 7.21. The second kappa shape index (κ2) is 8.94. The minimum absolute atomic E-state index is 0.00407. The second-order valence-corrected chi connectivity index (χ2v) is 9.69. The molecule has 2 aromatic rings. The highest BCUT2D eigenvalue weighted by atomic mass is 16.5. The van der Waals surface area contributed by atoms with Crippen LogP contribution in [0.25, 0.3) is 11.4 Å². The lowest BCUT2D eigenvalue weighted by Crippen LogP contribution is -2.41. The van der Waals surface area contributed by atoms with Gasteiger partial charge in [0.25, 0.3) is 0 Å². The zero-order chi connectivity index (χ0) is 22.9. The van der Waals surface area contributed by atoms with Crippen LogP contribution in [0.3, 0.4) is 0 Å². The van der Waals surface area contributed by atoms with Crippen molar-refractivity contribution in [2.24, 2.45) is 11.3 Å². The highest BCUT2D eigenvalue weighted by Gasteiger charge is 2.39. The molecule has 2 aliphatic rings. The molecule has 0 bridgehead atoms. The predicted molar refractivity (Wildman–Crippen MR) is 119 cm³/mol. The summed E-state index contributed by atoms with van der Waals surface area (Å²) < 4.78 is 5.17. The Morgan fingerprint density at radius 3 is 2.81 bits per heavy atom. The highest BCUT2D eigenvalue weighted by Crippen LogP contribution is 2.40. The van der Waals surface area contributed by atoms with E-state index in [9.17, 15) is 9.59 Å². The first-order valence-corrected chi connectivity index (χ1v) is 11.1. The largest absolute Gasteiger partial charge is 0.383 e. The Bertz CT molecular complexity index is 994. The molecule has 1 aliphatic carbocycles. The quantitative estimate of drug-likeness (QED) is 0.746. The average molecular weight is 438 g/mol. The van der Waals surface area contributed by atoms with E-state index in [0.717, 1.165) is 29.7 Å². The summed E-state index contributed by atoms with van der Waals surface area (Å²) in [5.74, 6) is 0.229. The molecule has 4 rings (SSSR count). The molecule has 8 nitrogen and oxygen atoms in total. The van der Waals surface area contributed by atoms with Crippen LogP contribution in [0.5, 0.6) is 0 Å². The molecule has 0 radical (unpaired) electrons. The number of carbonyl (C=O) groups is 2. The van der Waals surface area contributed by atoms with Gasteiger partial charge in [0.05, 0.1) is 30.3 Å². The number of fused-ring (bicyclic) bond motifs is 1. The molecule has 1 fully saturated rings. The van der Waals surface area contributed by atoms with Gasteiger partial charge in [0.15, 0.2) is 5.82 Å². The minimum Gasteiger partial charge on any atom is -0.383 e. The molecule has 0 saturated carbocycles. The molecule has 1 N–H and O–H groups in total. The van der Waals surface area contributed by atoms with Crippen molar-refractivity contribution in [2.45, 2.75) is 52.1 Å². The maximum atomic E-state index is 13.1. The molecule has 32 heavy (non-hydrogen) atoms. The van der Waals surface area contributed by atoms with E-state index in [1.54, 1.807) is 24.4 Å². The fraction of sp³-hybridized carbons (Fsp3) is 0.542. The number of pyridine rings is 1. The smallest absolute Gasteiger partial charge is 0.225 e. The molecule has 3 atom stereocenters. The average Bonchev–Trinajstić information content (AvgIpc) is 3.15. The lowest BCUT2D eigenvalue weighted by molar-refractivity contribution is -0.131. The van der Waals surface area contributed by atoms with E-state index >= 15 is 0 Å². The van der Waals surface area contributed by atoms with Crippen molar-refractivity contribution in [3.8, 4) is 11.4 Å². The van der Waals surface area contributed by atoms with Gasteiger partial charge in [-0.2, -0.15) is 0 Å². The van der Waals surface area contributed by atoms with Crippen LogP contribution in [0.15, 0.2) is 30.7 Å². The zero-order valence-corrected chi connectivity index (χ0v) is 19.2. The van der Waals surface area contributed by atoms with Crippen molar-refractivity contribution < 1.29 is 14.3 Å². The highest BCUT2D eigenvalue weighted by molar-refractivity contribution is 5.89. The molecule has 1 aliphatic heterocycles. The molecular formula is C24H31N5O3. The first-order chi connectivity index (χ1) is 15.3. The van der Waals surface area contributed by atoms with Crippen LogP contribution in [0.2, 0.25) is 0 Å². The number of rotatable bonds is 6. The molecule has 3 unspecified atom stereocenters. The van der Waals surface area contributed by atoms with Gasteiger partial charge < -0.3 is 15.0 Å². The third-order valence-corrected chi connectivity index (χ3v) is 6.40. The molecule has 2 aromatic heterocycles. The summed E-state index contributed by atoms with van der Waals surface area (Å²) in [6, 6.07) is 3.57. The Morgan fingerprint density at radius 2 is 2.09 bits per heavy atom. The fourth-order valence-corrected chi connectivity index (χ4v) is 4.77. The van der Waals surface area contributed by atoms with E-state index in [-0.39, 0.29) is 41.7 Å². The van der Waals surface area contributed by atoms with E-state index in [2.05, 4.69) is 29.1 Å². The Kier molecular flexibility index (Phi) is 6.24. The van der Waals surface area contributed by atoms with E-state index < -0.39 is 0 Å². The van der Waals surface area contributed by atoms with Crippen LogP contribution >= 0.6 is 0 Å². The van der Waals surface area contributed by atoms with Crippen molar-refractivity contribution in [1.29, 1.82) is 0 Å². The topological polar surface area (TPSA) is 97.3 Å². The van der Waals surface area contributed by atoms with Crippen molar-refractivity contribution >= 4 is 11.8 Å². The Balaban J connectivity index is 1.52. The Labute approximate surface area is 188 Å². The fourth-order valence-electron chi connectivity index (χ4n) is 4.77. The molecule has 0 spiro atoms. The van der Waals surface area contributed by atoms with Gasteiger partial charge in [0.2, 0.25) is 11.8 Å². The molecule has 8 heteroatoms. The van der Waals surface area contributed by atoms with Gasteiger partial charge in [-0.05, 0) is 37.3 Å². The predicted octanol–water partition coefficient (Wildman–Crippen LogP) is 2.55. The van der Waals surface area contributed by atoms with Gasteiger partial charge in [-0.25, -0.2) is 9.97 Å². The van der Waals surface area contributed by atoms with Crippen molar-refractivity contribution in [3.05, 3.63) is 42.0 Å². The van der Waals surface area contributed by atoms with Crippen molar-refractivity contribution in [2.75, 3.05) is 20.3 Å². The van der Waals surface area contributed by atoms with E-state index in [1.807, 2.05) is 25.3 Å². The van der Waals surface area contributed by atoms with E-state index in [1.165, 1.54) is 0 Å². The first kappa shape index (κ1) is 22.3. The molecule has 2 amide bonds. The van der Waals surface area contributed by atoms with Gasteiger partial charge >= 0.3 is 0 Å². The number of ether oxygens (including phenoxy) is 1. The van der Waals surface area contributed by atoms with Gasteiger partial charge in [-0.1, -0.05) is 13.8 Å². The molecule has 170 valence electrons. The number of methoxy groups -OCH3 is 1. The summed E-state index contributed by atoms with van der Waals surface area (Å²) in [4.78, 5) is 40.8. The summed E-state index contributed by atoms with van der Waals surface area (Å²) in [6.07, 6.45) is 7.15. The van der Waals surface area contributed by atoms with Crippen molar-refractivity contribution in [3.63, 3.8) is 0 Å². The van der Waals surface area contributed by atoms with Crippen LogP contribution < -0.4 is 5.32 Å². The number of nitrogens with one attached hydrogen (secondary N) is 1. The van der Waals surface area contributed by atoms with Crippen molar-refractivity contribution in [1.82, 2.24) is 25.2 Å². The lowest BCUT2D eigenvalue weighted by Gasteiger charge is -2.37. The molecule has 0 aromatic carbocycles. The maximum Gasteiger partial charge on any atom is 0.225 e. The number of likely N-dealkylation sites (tertiary alicyclic amines) is 1. The molecule has 3 heterocycles. The molecule has 1 saturated heterocycles. The van der Waals surface area contributed by atoms with Crippen LogP contribution in [0.1, 0.15) is 50.9 Å². The van der Waals surface area contributed by atoms with Crippen LogP contribution in [-0.2, 0) is 20.7 Å². The third-order valence-electron chi connectivity index (χ3n) is 6.40. The first-order valence-electron chi connectivity index (χ1n) is 11.1. The van der Waals surface area contributed by atoms with E-state index in [4.69, 9.17) is 9.72 Å². The number of hydrogen-bond donors (Lipinski definition) is 1. The van der Waals surface area contributed by atoms with Crippen LogP contribution in [0.4, 0.5) is 0 Å². The van der Waals surface area contributed by atoms with Crippen LogP contribution in [0, 0.1) is 11.3 Å². The Hall–Kier alpha value is -2.87. The monoisotopic (exact) mass is 437 g/mol. The van der Waals surface area contributed by atoms with Crippen LogP contribution in [-0.4, -0.2) is 58.0 Å². The third kappa shape index (κ3) is 4.65. The molecular weight excluding hydrogens is 406 g/mol. The number of amides is 2. The van der Waals surface area contributed by atoms with E-state index in [0.29, 0.717) is 19.0 Å². The number of nitrogens with zero attached hydrogens (tertiary/aromatic N) is 4.